The van der Waals surface area contributed by atoms with Gasteiger partial charge >= 0.3 is 0 Å². The summed E-state index contributed by atoms with van der Waals surface area (Å²) < 4.78 is 5.81. The van der Waals surface area contributed by atoms with E-state index in [1.54, 1.807) is 24.6 Å². The van der Waals surface area contributed by atoms with E-state index in [0.717, 1.165) is 37.0 Å². The molecular formula is C22H27N2O3S. The average Bonchev–Trinajstić information content (AvgIpc) is 2.71. The maximum Gasteiger partial charge on any atom is 0.252 e. The van der Waals surface area contributed by atoms with Crippen LogP contribution >= 0.6 is 12.6 Å². The molecule has 5 nitrogen and oxygen atoms in total. The lowest BCUT2D eigenvalue weighted by Gasteiger charge is -2.14. The Hall–Kier alpha value is -2.47. The highest BCUT2D eigenvalue weighted by Crippen LogP contribution is 2.23. The Kier molecular flexibility index (Phi) is 9.42. The van der Waals surface area contributed by atoms with E-state index in [4.69, 9.17) is 10.5 Å². The number of ether oxygens (including phenoxy) is 1. The van der Waals surface area contributed by atoms with Crippen LogP contribution in [0.5, 0.6) is 5.75 Å². The van der Waals surface area contributed by atoms with E-state index in [1.807, 2.05) is 30.3 Å². The fourth-order valence-electron chi connectivity index (χ4n) is 2.78. The molecule has 2 aromatic carbocycles. The summed E-state index contributed by atoms with van der Waals surface area (Å²) >= 11 is 4.17. The van der Waals surface area contributed by atoms with Gasteiger partial charge in [0.15, 0.2) is 0 Å². The van der Waals surface area contributed by atoms with Crippen molar-refractivity contribution in [1.82, 2.24) is 5.32 Å². The first-order valence-electron chi connectivity index (χ1n) is 9.42. The zero-order valence-electron chi connectivity index (χ0n) is 15.9. The van der Waals surface area contributed by atoms with Gasteiger partial charge in [-0.1, -0.05) is 55.3 Å². The van der Waals surface area contributed by atoms with Gasteiger partial charge in [0.1, 0.15) is 12.4 Å². The molecule has 0 bridgehead atoms. The van der Waals surface area contributed by atoms with Gasteiger partial charge in [0.25, 0.3) is 5.91 Å². The molecule has 0 unspecified atom stereocenters. The predicted molar refractivity (Wildman–Crippen MR) is 114 cm³/mol. The summed E-state index contributed by atoms with van der Waals surface area (Å²) in [6, 6.07) is 14.9. The Morgan fingerprint density at radius 2 is 1.82 bits per heavy atom. The topological polar surface area (TPSA) is 81.4 Å². The van der Waals surface area contributed by atoms with E-state index in [1.165, 1.54) is 0 Å². The third-order valence-electron chi connectivity index (χ3n) is 4.24. The second-order valence-corrected chi connectivity index (χ2v) is 6.87. The molecule has 0 aliphatic carbocycles. The average molecular weight is 400 g/mol. The molecule has 0 aliphatic rings. The van der Waals surface area contributed by atoms with Gasteiger partial charge in [0.05, 0.1) is 5.56 Å². The third-order valence-corrected chi connectivity index (χ3v) is 4.56. The van der Waals surface area contributed by atoms with Crippen LogP contribution < -0.4 is 15.8 Å². The van der Waals surface area contributed by atoms with Gasteiger partial charge in [-0.15, -0.1) is 0 Å². The number of nitrogens with two attached hydrogens (primary N) is 1. The van der Waals surface area contributed by atoms with Gasteiger partial charge in [-0.2, -0.15) is 12.6 Å². The van der Waals surface area contributed by atoms with Crippen molar-refractivity contribution in [2.75, 3.05) is 5.75 Å². The number of primary amides is 1. The van der Waals surface area contributed by atoms with Crippen molar-refractivity contribution in [3.8, 4) is 5.75 Å². The molecule has 2 amide bonds. The second-order valence-electron chi connectivity index (χ2n) is 6.42. The lowest BCUT2D eigenvalue weighted by molar-refractivity contribution is -0.118. The SMILES string of the molecule is NC(=O)c1c(CNC(=O)[CH]CCCCCS)cccc1OCc1ccccc1. The summed E-state index contributed by atoms with van der Waals surface area (Å²) in [6.07, 6.45) is 5.43. The molecule has 0 heterocycles. The van der Waals surface area contributed by atoms with Crippen molar-refractivity contribution in [2.45, 2.75) is 38.8 Å². The number of rotatable bonds is 12. The fourth-order valence-corrected chi connectivity index (χ4v) is 3.00. The van der Waals surface area contributed by atoms with Gasteiger partial charge in [0, 0.05) is 13.0 Å². The van der Waals surface area contributed by atoms with Crippen LogP contribution in [0, 0.1) is 6.42 Å². The van der Waals surface area contributed by atoms with Crippen molar-refractivity contribution in [3.63, 3.8) is 0 Å². The summed E-state index contributed by atoms with van der Waals surface area (Å²) in [5.41, 5.74) is 7.49. The minimum absolute atomic E-state index is 0.156. The molecule has 0 atom stereocenters. The predicted octanol–water partition coefficient (Wildman–Crippen LogP) is 3.68. The minimum atomic E-state index is -0.580. The number of hydrogen-bond acceptors (Lipinski definition) is 4. The summed E-state index contributed by atoms with van der Waals surface area (Å²) in [6.45, 7) is 0.545. The molecular weight excluding hydrogens is 372 g/mol. The highest BCUT2D eigenvalue weighted by Gasteiger charge is 2.16. The number of nitrogens with one attached hydrogen (secondary N) is 1. The minimum Gasteiger partial charge on any atom is -0.488 e. The molecule has 6 heteroatoms. The summed E-state index contributed by atoms with van der Waals surface area (Å²) in [4.78, 5) is 24.0. The van der Waals surface area contributed by atoms with Gasteiger partial charge in [-0.05, 0) is 35.8 Å². The lowest BCUT2D eigenvalue weighted by atomic mass is 10.1. The largest absolute Gasteiger partial charge is 0.488 e. The summed E-state index contributed by atoms with van der Waals surface area (Å²) in [5, 5.41) is 2.81. The van der Waals surface area contributed by atoms with Crippen LogP contribution in [0.25, 0.3) is 0 Å². The first-order valence-corrected chi connectivity index (χ1v) is 10.1. The molecule has 0 saturated carbocycles. The van der Waals surface area contributed by atoms with E-state index in [2.05, 4.69) is 17.9 Å². The molecule has 0 aliphatic heterocycles. The van der Waals surface area contributed by atoms with Crippen LogP contribution in [-0.2, 0) is 17.9 Å². The monoisotopic (exact) mass is 399 g/mol. The van der Waals surface area contributed by atoms with Crippen LogP contribution in [0.15, 0.2) is 48.5 Å². The summed E-state index contributed by atoms with van der Waals surface area (Å²) in [5.74, 6) is 0.546. The number of carbonyl (C=O) groups excluding carboxylic acids is 2. The van der Waals surface area contributed by atoms with E-state index in [9.17, 15) is 9.59 Å². The van der Waals surface area contributed by atoms with Gasteiger partial charge in [0.2, 0.25) is 5.91 Å². The number of thiol groups is 1. The van der Waals surface area contributed by atoms with Crippen molar-refractivity contribution in [1.29, 1.82) is 0 Å². The number of carbonyl (C=O) groups is 2. The highest BCUT2D eigenvalue weighted by atomic mass is 32.1. The smallest absolute Gasteiger partial charge is 0.252 e. The lowest BCUT2D eigenvalue weighted by Crippen LogP contribution is -2.25. The normalized spacial score (nSPS) is 10.5. The van der Waals surface area contributed by atoms with Crippen molar-refractivity contribution in [3.05, 3.63) is 71.6 Å². The maximum atomic E-state index is 12.0. The summed E-state index contributed by atoms with van der Waals surface area (Å²) in [7, 11) is 0. The van der Waals surface area contributed by atoms with Crippen LogP contribution in [0.4, 0.5) is 0 Å². The number of hydrogen-bond donors (Lipinski definition) is 3. The zero-order chi connectivity index (χ0) is 20.2. The third kappa shape index (κ3) is 7.27. The maximum absolute atomic E-state index is 12.0. The Morgan fingerprint density at radius 3 is 2.54 bits per heavy atom. The molecule has 0 spiro atoms. The molecule has 28 heavy (non-hydrogen) atoms. The van der Waals surface area contributed by atoms with Crippen LogP contribution in [0.1, 0.15) is 47.2 Å². The number of amides is 2. The first kappa shape index (κ1) is 21.8. The quantitative estimate of drug-likeness (QED) is 0.376. The van der Waals surface area contributed by atoms with Gasteiger partial charge in [-0.25, -0.2) is 0 Å². The molecule has 0 fully saturated rings. The van der Waals surface area contributed by atoms with Crippen molar-refractivity contribution < 1.29 is 14.3 Å². The van der Waals surface area contributed by atoms with Crippen LogP contribution in [0.2, 0.25) is 0 Å². The highest BCUT2D eigenvalue weighted by molar-refractivity contribution is 7.80. The molecule has 0 saturated heterocycles. The molecule has 1 radical (unpaired) electrons. The Morgan fingerprint density at radius 1 is 1.04 bits per heavy atom. The number of unbranched alkanes of at least 4 members (excludes halogenated alkanes) is 3. The molecule has 149 valence electrons. The van der Waals surface area contributed by atoms with Crippen LogP contribution in [-0.4, -0.2) is 17.6 Å². The Balaban J connectivity index is 1.94. The van der Waals surface area contributed by atoms with E-state index >= 15 is 0 Å². The van der Waals surface area contributed by atoms with E-state index in [-0.39, 0.29) is 12.5 Å². The zero-order valence-corrected chi connectivity index (χ0v) is 16.8. The molecule has 0 aromatic heterocycles. The Bertz CT molecular complexity index is 766. The van der Waals surface area contributed by atoms with E-state index < -0.39 is 5.91 Å². The number of benzene rings is 2. The Labute approximate surface area is 172 Å². The van der Waals surface area contributed by atoms with Crippen molar-refractivity contribution >= 4 is 24.4 Å². The van der Waals surface area contributed by atoms with Gasteiger partial charge < -0.3 is 15.8 Å². The first-order chi connectivity index (χ1) is 13.6. The second kappa shape index (κ2) is 12.1. The van der Waals surface area contributed by atoms with Gasteiger partial charge in [-0.3, -0.25) is 9.59 Å². The molecule has 2 rings (SSSR count). The van der Waals surface area contributed by atoms with E-state index in [0.29, 0.717) is 23.5 Å². The molecule has 2 aromatic rings. The van der Waals surface area contributed by atoms with Crippen LogP contribution in [0.3, 0.4) is 0 Å². The van der Waals surface area contributed by atoms with Crippen molar-refractivity contribution in [2.24, 2.45) is 5.73 Å². The fraction of sp³-hybridized carbons (Fsp3) is 0.318. The molecule has 3 N–H and O–H groups in total. The standard InChI is InChI=1S/C22H27N2O3S/c23-22(26)21-18(15-24-20(25)13-6-1-2-7-14-28)11-8-12-19(21)27-16-17-9-4-3-5-10-17/h3-5,8-13,28H,1-2,6-7,14-16H2,(H2,23,26)(H,24,25).